The first-order valence-corrected chi connectivity index (χ1v) is 9.44. The number of benzene rings is 3. The Morgan fingerprint density at radius 2 is 1.53 bits per heavy atom. The number of hydrogen-bond acceptors (Lipinski definition) is 2. The van der Waals surface area contributed by atoms with Crippen molar-refractivity contribution >= 4 is 21.8 Å². The average molecular weight is 403 g/mol. The van der Waals surface area contributed by atoms with Crippen molar-refractivity contribution < 1.29 is 13.2 Å². The fourth-order valence-electron chi connectivity index (χ4n) is 3.85. The van der Waals surface area contributed by atoms with Crippen LogP contribution >= 0.6 is 0 Å². The molecule has 30 heavy (non-hydrogen) atoms. The van der Waals surface area contributed by atoms with Crippen LogP contribution in [0.3, 0.4) is 0 Å². The van der Waals surface area contributed by atoms with Gasteiger partial charge in [0.05, 0.1) is 28.0 Å². The molecule has 0 unspecified atom stereocenters. The van der Waals surface area contributed by atoms with Gasteiger partial charge in [-0.2, -0.15) is 18.3 Å². The van der Waals surface area contributed by atoms with E-state index >= 15 is 0 Å². The summed E-state index contributed by atoms with van der Waals surface area (Å²) in [7, 11) is 0. The van der Waals surface area contributed by atoms with Crippen LogP contribution in [0.2, 0.25) is 0 Å². The van der Waals surface area contributed by atoms with E-state index in [-0.39, 0.29) is 22.4 Å². The summed E-state index contributed by atoms with van der Waals surface area (Å²) in [6, 6.07) is 23.4. The van der Waals surface area contributed by atoms with Crippen molar-refractivity contribution in [2.75, 3.05) is 0 Å². The van der Waals surface area contributed by atoms with Crippen LogP contribution in [0.1, 0.15) is 11.3 Å². The third-order valence-electron chi connectivity index (χ3n) is 5.18. The molecule has 0 aliphatic rings. The quantitative estimate of drug-likeness (QED) is 0.334. The van der Waals surface area contributed by atoms with Crippen molar-refractivity contribution in [3.63, 3.8) is 0 Å². The molecule has 0 N–H and O–H groups in total. The summed E-state index contributed by atoms with van der Waals surface area (Å²) in [5.41, 5.74) is 1.33. The Morgan fingerprint density at radius 3 is 2.30 bits per heavy atom. The van der Waals surface area contributed by atoms with Gasteiger partial charge in [-0.25, -0.2) is 9.67 Å². The van der Waals surface area contributed by atoms with Crippen LogP contribution in [-0.4, -0.2) is 14.8 Å². The molecule has 6 heteroatoms. The van der Waals surface area contributed by atoms with Gasteiger partial charge >= 0.3 is 6.18 Å². The molecule has 5 rings (SSSR count). The fourth-order valence-corrected chi connectivity index (χ4v) is 3.85. The zero-order valence-corrected chi connectivity index (χ0v) is 16.0. The van der Waals surface area contributed by atoms with E-state index in [0.29, 0.717) is 11.3 Å². The number of aryl methyl sites for hydroxylation is 1. The monoisotopic (exact) mass is 403 g/mol. The van der Waals surface area contributed by atoms with Crippen molar-refractivity contribution in [1.29, 1.82) is 0 Å². The van der Waals surface area contributed by atoms with Crippen LogP contribution in [0.25, 0.3) is 38.8 Å². The highest BCUT2D eigenvalue weighted by Crippen LogP contribution is 2.39. The summed E-state index contributed by atoms with van der Waals surface area (Å²) in [4.78, 5) is 4.67. The summed E-state index contributed by atoms with van der Waals surface area (Å²) >= 11 is 0. The smallest absolute Gasteiger partial charge is 0.228 e. The van der Waals surface area contributed by atoms with Gasteiger partial charge in [-0.1, -0.05) is 60.7 Å². The van der Waals surface area contributed by atoms with Crippen molar-refractivity contribution in [2.45, 2.75) is 13.1 Å². The van der Waals surface area contributed by atoms with Gasteiger partial charge in [0.15, 0.2) is 5.65 Å². The molecule has 3 aromatic carbocycles. The molecule has 0 saturated carbocycles. The van der Waals surface area contributed by atoms with E-state index in [9.17, 15) is 13.2 Å². The van der Waals surface area contributed by atoms with Crippen LogP contribution in [0, 0.1) is 6.92 Å². The first kappa shape index (κ1) is 18.4. The molecule has 5 aromatic rings. The minimum atomic E-state index is -4.53. The Labute approximate surface area is 170 Å². The van der Waals surface area contributed by atoms with Crippen molar-refractivity contribution in [1.82, 2.24) is 14.8 Å². The third-order valence-corrected chi connectivity index (χ3v) is 5.18. The molecule has 0 atom stereocenters. The Bertz CT molecular complexity index is 1380. The molecule has 0 spiro atoms. The van der Waals surface area contributed by atoms with Crippen LogP contribution < -0.4 is 0 Å². The van der Waals surface area contributed by atoms with E-state index in [0.717, 1.165) is 16.8 Å². The van der Waals surface area contributed by atoms with Crippen LogP contribution in [0.4, 0.5) is 13.2 Å². The SMILES string of the molecule is Cc1nn(-c2ccccc2)c2nc(-c3cccc4ccccc34)cc(C(F)(F)F)c12. The lowest BCUT2D eigenvalue weighted by molar-refractivity contribution is -0.136. The summed E-state index contributed by atoms with van der Waals surface area (Å²) < 4.78 is 43.6. The van der Waals surface area contributed by atoms with E-state index in [1.54, 1.807) is 25.1 Å². The van der Waals surface area contributed by atoms with E-state index < -0.39 is 11.7 Å². The molecule has 3 nitrogen and oxygen atoms in total. The van der Waals surface area contributed by atoms with Gasteiger partial charge in [-0.3, -0.25) is 0 Å². The van der Waals surface area contributed by atoms with E-state index in [1.807, 2.05) is 54.6 Å². The molecule has 0 saturated heterocycles. The van der Waals surface area contributed by atoms with Gasteiger partial charge < -0.3 is 0 Å². The maximum absolute atomic E-state index is 14.1. The maximum Gasteiger partial charge on any atom is 0.417 e. The number of aromatic nitrogens is 3. The maximum atomic E-state index is 14.1. The van der Waals surface area contributed by atoms with E-state index in [1.165, 1.54) is 4.68 Å². The van der Waals surface area contributed by atoms with Gasteiger partial charge in [0.1, 0.15) is 0 Å². The Morgan fingerprint density at radius 1 is 0.833 bits per heavy atom. The highest BCUT2D eigenvalue weighted by Gasteiger charge is 2.36. The van der Waals surface area contributed by atoms with Gasteiger partial charge in [-0.05, 0) is 35.9 Å². The fraction of sp³-hybridized carbons (Fsp3) is 0.0833. The number of alkyl halides is 3. The van der Waals surface area contributed by atoms with Crippen LogP contribution in [0.15, 0.2) is 78.9 Å². The number of fused-ring (bicyclic) bond motifs is 2. The lowest BCUT2D eigenvalue weighted by Gasteiger charge is -2.13. The molecule has 2 aromatic heterocycles. The number of rotatable bonds is 2. The molecule has 0 amide bonds. The standard InChI is InChI=1S/C24H16F3N3/c1-15-22-20(24(25,26)27)14-21(19-13-7-9-16-8-5-6-12-18(16)19)28-23(22)30(29-15)17-10-3-2-4-11-17/h2-14H,1H3. The first-order valence-electron chi connectivity index (χ1n) is 9.44. The second kappa shape index (κ2) is 6.69. The number of halogens is 3. The van der Waals surface area contributed by atoms with Crippen molar-refractivity contribution in [3.05, 3.63) is 90.1 Å². The average Bonchev–Trinajstić information content (AvgIpc) is 3.09. The second-order valence-corrected chi connectivity index (χ2v) is 7.11. The Kier molecular flexibility index (Phi) is 4.10. The minimum absolute atomic E-state index is 0.0235. The minimum Gasteiger partial charge on any atom is -0.228 e. The number of pyridine rings is 1. The number of nitrogens with zero attached hydrogens (tertiary/aromatic N) is 3. The van der Waals surface area contributed by atoms with E-state index in [4.69, 9.17) is 0 Å². The summed E-state index contributed by atoms with van der Waals surface area (Å²) in [5, 5.41) is 6.20. The highest BCUT2D eigenvalue weighted by atomic mass is 19.4. The zero-order chi connectivity index (χ0) is 20.9. The lowest BCUT2D eigenvalue weighted by Crippen LogP contribution is -2.08. The molecule has 0 fully saturated rings. The first-order chi connectivity index (χ1) is 14.4. The third kappa shape index (κ3) is 2.92. The molecule has 0 aliphatic heterocycles. The van der Waals surface area contributed by atoms with Crippen molar-refractivity contribution in [3.8, 4) is 16.9 Å². The molecule has 0 radical (unpaired) electrons. The topological polar surface area (TPSA) is 30.7 Å². The summed E-state index contributed by atoms with van der Waals surface area (Å²) in [6.07, 6.45) is -4.53. The largest absolute Gasteiger partial charge is 0.417 e. The Hall–Kier alpha value is -3.67. The van der Waals surface area contributed by atoms with Gasteiger partial charge in [0.25, 0.3) is 0 Å². The number of hydrogen-bond donors (Lipinski definition) is 0. The van der Waals surface area contributed by atoms with Crippen molar-refractivity contribution in [2.24, 2.45) is 0 Å². The predicted molar refractivity (Wildman–Crippen MR) is 112 cm³/mol. The highest BCUT2D eigenvalue weighted by molar-refractivity contribution is 5.97. The number of para-hydroxylation sites is 1. The molecule has 148 valence electrons. The predicted octanol–water partition coefficient (Wildman–Crippen LogP) is 6.57. The summed E-state index contributed by atoms with van der Waals surface area (Å²) in [5.74, 6) is 0. The Balaban J connectivity index is 1.88. The van der Waals surface area contributed by atoms with Gasteiger partial charge in [0, 0.05) is 5.56 Å². The van der Waals surface area contributed by atoms with Crippen LogP contribution in [-0.2, 0) is 6.18 Å². The lowest BCUT2D eigenvalue weighted by atomic mass is 9.99. The molecular weight excluding hydrogens is 387 g/mol. The molecule has 2 heterocycles. The van der Waals surface area contributed by atoms with E-state index in [2.05, 4.69) is 10.1 Å². The molecular formula is C24H16F3N3. The second-order valence-electron chi connectivity index (χ2n) is 7.11. The molecule has 0 bridgehead atoms. The van der Waals surface area contributed by atoms with Crippen LogP contribution in [0.5, 0.6) is 0 Å². The summed E-state index contributed by atoms with van der Waals surface area (Å²) in [6.45, 7) is 1.58. The van der Waals surface area contributed by atoms with Gasteiger partial charge in [-0.15, -0.1) is 0 Å². The van der Waals surface area contributed by atoms with Gasteiger partial charge in [0.2, 0.25) is 0 Å². The normalized spacial score (nSPS) is 12.0. The zero-order valence-electron chi connectivity index (χ0n) is 16.0. The molecule has 0 aliphatic carbocycles.